The van der Waals surface area contributed by atoms with Crippen LogP contribution in [0.5, 0.6) is 0 Å². The lowest BCUT2D eigenvalue weighted by Gasteiger charge is -2.26. The number of halogens is 2. The summed E-state index contributed by atoms with van der Waals surface area (Å²) in [7, 11) is -1.58. The van der Waals surface area contributed by atoms with E-state index in [9.17, 15) is 10.0 Å². The Hall–Kier alpha value is -16.5. The molecule has 1 aliphatic carbocycles. The Morgan fingerprint density at radius 3 is 0.831 bits per heavy atom. The Labute approximate surface area is 804 Å². The summed E-state index contributed by atoms with van der Waals surface area (Å²) in [4.78, 5) is 4.61. The summed E-state index contributed by atoms with van der Waals surface area (Å²) in [6.45, 7) is 0. The van der Waals surface area contributed by atoms with Gasteiger partial charge in [-0.15, -0.1) is 0 Å². The average Bonchev–Trinajstić information content (AvgIpc) is 1.59. The molecule has 0 saturated heterocycles. The van der Waals surface area contributed by atoms with E-state index in [1.165, 1.54) is 60.5 Å². The zero-order valence-corrected chi connectivity index (χ0v) is 76.7. The second kappa shape index (κ2) is 36.6. The normalized spacial score (nSPS) is 11.8. The monoisotopic (exact) mass is 1870 g/mol. The number of hydrogen-bond acceptors (Lipinski definition) is 7. The molecular formula is C126H82BBr2N2O5+. The lowest BCUT2D eigenvalue weighted by atomic mass is 9.79. The first-order valence-corrected chi connectivity index (χ1v) is 47.1. The van der Waals surface area contributed by atoms with Gasteiger partial charge in [0.2, 0.25) is 0 Å². The second-order valence-electron chi connectivity index (χ2n) is 34.0. The number of hydrogen-bond donors (Lipinski definition) is 2. The topological polar surface area (TPSA) is 86.4 Å². The van der Waals surface area contributed by atoms with Crippen molar-refractivity contribution in [2.45, 2.75) is 0 Å². The number of benzene rings is 21. The summed E-state index contributed by atoms with van der Waals surface area (Å²) >= 11 is 7.09. The minimum Gasteiger partial charge on any atom is -0.456 e. The van der Waals surface area contributed by atoms with Gasteiger partial charge in [-0.05, 0) is 209 Å². The number of furan rings is 3. The van der Waals surface area contributed by atoms with Gasteiger partial charge in [-0.25, -0.2) is 0 Å². The van der Waals surface area contributed by atoms with Gasteiger partial charge in [0.15, 0.2) is 0 Å². The number of allylic oxidation sites excluding steroid dienone is 6. The highest BCUT2D eigenvalue weighted by Crippen LogP contribution is 2.50. The van der Waals surface area contributed by atoms with E-state index in [0.29, 0.717) is 11.0 Å². The molecule has 642 valence electrons. The maximum atomic E-state index is 9.74. The van der Waals surface area contributed by atoms with Crippen molar-refractivity contribution in [2.24, 2.45) is 0 Å². The van der Waals surface area contributed by atoms with Crippen LogP contribution >= 0.6 is 31.9 Å². The second-order valence-corrected chi connectivity index (χ2v) is 35.9. The van der Waals surface area contributed by atoms with Gasteiger partial charge < -0.3 is 33.1 Å². The molecule has 0 aliphatic heterocycles. The number of anilines is 6. The third-order valence-corrected chi connectivity index (χ3v) is 27.0. The molecule has 3 heterocycles. The van der Waals surface area contributed by atoms with E-state index in [0.717, 1.165) is 175 Å². The van der Waals surface area contributed by atoms with Gasteiger partial charge >= 0.3 is 7.12 Å². The third kappa shape index (κ3) is 16.1. The molecule has 0 saturated carbocycles. The summed E-state index contributed by atoms with van der Waals surface area (Å²) < 4.78 is 22.4. The Morgan fingerprint density at radius 1 is 0.228 bits per heavy atom. The molecule has 0 spiro atoms. The molecular weight excluding hydrogens is 1790 g/mol. The summed E-state index contributed by atoms with van der Waals surface area (Å²) in [5.74, 6) is 0. The smallest absolute Gasteiger partial charge is 0.456 e. The van der Waals surface area contributed by atoms with Crippen molar-refractivity contribution in [3.63, 3.8) is 0 Å². The van der Waals surface area contributed by atoms with Crippen molar-refractivity contribution in [3.8, 4) is 89.0 Å². The summed E-state index contributed by atoms with van der Waals surface area (Å²) in [6.07, 6.45) is 11.1. The van der Waals surface area contributed by atoms with E-state index < -0.39 is 7.12 Å². The van der Waals surface area contributed by atoms with Gasteiger partial charge in [-0.2, -0.15) is 0 Å². The van der Waals surface area contributed by atoms with Crippen molar-refractivity contribution in [1.29, 1.82) is 0 Å². The molecule has 0 unspecified atom stereocenters. The van der Waals surface area contributed by atoms with E-state index in [1.54, 1.807) is 6.07 Å². The van der Waals surface area contributed by atoms with Crippen LogP contribution in [-0.4, -0.2) is 17.2 Å². The quantitative estimate of drug-likeness (QED) is 0.0736. The van der Waals surface area contributed by atoms with Crippen LogP contribution in [0.4, 0.5) is 34.1 Å². The molecule has 21 aromatic carbocycles. The van der Waals surface area contributed by atoms with Gasteiger partial charge in [0.25, 0.3) is 0 Å². The number of nitrogens with zero attached hydrogens (tertiary/aromatic N) is 2. The molecule has 0 radical (unpaired) electrons. The van der Waals surface area contributed by atoms with Gasteiger partial charge in [-0.1, -0.05) is 378 Å². The predicted molar refractivity (Wildman–Crippen MR) is 577 cm³/mol. The van der Waals surface area contributed by atoms with Crippen molar-refractivity contribution in [3.05, 3.63) is 506 Å². The van der Waals surface area contributed by atoms with Gasteiger partial charge in [0, 0.05) is 120 Å². The Morgan fingerprint density at radius 2 is 0.493 bits per heavy atom. The van der Waals surface area contributed by atoms with Crippen molar-refractivity contribution < 1.29 is 23.3 Å². The van der Waals surface area contributed by atoms with Crippen molar-refractivity contribution >= 4 is 182 Å². The van der Waals surface area contributed by atoms with Crippen molar-refractivity contribution in [1.82, 2.24) is 0 Å². The van der Waals surface area contributed by atoms with Crippen LogP contribution in [0.2, 0.25) is 0 Å². The lowest BCUT2D eigenvalue weighted by molar-refractivity contribution is 0.425. The maximum Gasteiger partial charge on any atom is 0.492 e. The van der Waals surface area contributed by atoms with E-state index in [4.69, 9.17) is 13.3 Å². The fraction of sp³-hybridized carbons (Fsp3) is 0. The van der Waals surface area contributed by atoms with E-state index in [1.807, 2.05) is 54.6 Å². The zero-order chi connectivity index (χ0) is 91.1. The van der Waals surface area contributed by atoms with Crippen LogP contribution < -0.4 is 15.3 Å². The van der Waals surface area contributed by atoms with Crippen LogP contribution in [0, 0.1) is 6.08 Å². The summed E-state index contributed by atoms with van der Waals surface area (Å²) in [5.41, 5.74) is 32.0. The Bertz CT molecular complexity index is 8400. The van der Waals surface area contributed by atoms with Crippen LogP contribution in [0.25, 0.3) is 193 Å². The molecule has 136 heavy (non-hydrogen) atoms. The van der Waals surface area contributed by atoms with Gasteiger partial charge in [-0.3, -0.25) is 0 Å². The summed E-state index contributed by atoms with van der Waals surface area (Å²) in [6, 6.07) is 162. The molecule has 0 atom stereocenters. The molecule has 0 bridgehead atoms. The largest absolute Gasteiger partial charge is 0.492 e. The number of rotatable bonds is 16. The van der Waals surface area contributed by atoms with E-state index >= 15 is 0 Å². The third-order valence-electron chi connectivity index (χ3n) is 25.9. The molecule has 0 amide bonds. The zero-order valence-electron chi connectivity index (χ0n) is 73.5. The minimum absolute atomic E-state index is 0.377. The Kier molecular flexibility index (Phi) is 22.5. The van der Waals surface area contributed by atoms with Crippen LogP contribution in [-0.2, 0) is 0 Å². The van der Waals surface area contributed by atoms with Gasteiger partial charge in [0.1, 0.15) is 45.7 Å². The van der Waals surface area contributed by atoms with Crippen LogP contribution in [0.15, 0.2) is 508 Å². The minimum atomic E-state index is -1.58. The van der Waals surface area contributed by atoms with Crippen molar-refractivity contribution in [2.75, 3.05) is 9.80 Å². The number of para-hydroxylation sites is 3. The van der Waals surface area contributed by atoms with E-state index in [-0.39, 0.29) is 0 Å². The molecule has 10 heteroatoms. The standard InChI is InChI=1S/C74H47NO2.C30H20Br2N.C22H15BO3/c1-4-16-48(17-5-1)49-30-32-50(33-31-49)51-34-40-58(41-35-51)75(59-42-36-54(37-43-59)63-26-14-28-65-69-61-24-12-10-22-56(61)46-67(73(69)76-71(63)65)52-18-6-2-7-19-52)60-44-38-55(39-45-60)64-27-15-29-66-70-62-25-13-11-23-57(62)47-68(74(70)77-72(64)66)53-20-8-3-9-21-53;31-26-12-18-29(19-13-26)33(30-20-14-27(32)15-21-30)28-16-10-25(11-17-28)24-8-6-23(7-9-24)22-4-2-1-3-5-22;24-23(25)19-12-6-11-17-20-16-10-5-4-9-15(16)13-18(22(20)26-21(17)19)14-7-2-1-3-8-14/h1-47H;2-21H;1-13,24-25H/q;+1;. The number of fused-ring (bicyclic) bond motifs is 15. The first-order valence-electron chi connectivity index (χ1n) is 45.5. The SMILES string of the molecule is Brc1ccc(N(c2ccc(Br)cc2)c2ccc(-c3ccc(C4=CC=[C+]C=C4)cc3)cc2)cc1.OB(O)c1cccc2c1oc1c(-c3ccccc3)cc3ccccc3c12.c1ccc(-c2ccc(-c3ccc(N(c4ccc(-c5cccc6c5oc5c(-c7ccccc7)cc7ccccc7c56)cc4)c4ccc(-c5cccc6c5oc5c(-c7ccccc7)cc7ccccc7c56)cc4)cc3)cc2)cc1. The fourth-order valence-electron chi connectivity index (χ4n) is 19.3. The average molecular weight is 1870 g/mol. The fourth-order valence-corrected chi connectivity index (χ4v) is 19.8. The van der Waals surface area contributed by atoms with Crippen LogP contribution in [0.3, 0.4) is 0 Å². The maximum absolute atomic E-state index is 9.74. The molecule has 3 aromatic heterocycles. The molecule has 1 aliphatic rings. The van der Waals surface area contributed by atoms with E-state index in [2.05, 4.69) is 472 Å². The molecule has 0 fully saturated rings. The first-order chi connectivity index (χ1) is 67.1. The molecule has 24 aromatic rings. The highest BCUT2D eigenvalue weighted by Gasteiger charge is 2.27. The molecule has 25 rings (SSSR count). The molecule has 7 nitrogen and oxygen atoms in total. The highest BCUT2D eigenvalue weighted by molar-refractivity contribution is 9.10. The summed E-state index contributed by atoms with van der Waals surface area (Å²) in [5, 5.41) is 32.8. The Balaban J connectivity index is 0.000000143. The van der Waals surface area contributed by atoms with Gasteiger partial charge in [0.05, 0.1) is 17.7 Å². The predicted octanol–water partition coefficient (Wildman–Crippen LogP) is 35.0. The lowest BCUT2D eigenvalue weighted by Crippen LogP contribution is -2.29. The molecule has 2 N–H and O–H groups in total. The highest BCUT2D eigenvalue weighted by atomic mass is 79.9. The van der Waals surface area contributed by atoms with Crippen LogP contribution in [0.1, 0.15) is 5.56 Å². The first kappa shape index (κ1) is 83.8.